The number of carbonyl (C=O) groups is 1. The molecule has 0 aliphatic carbocycles. The smallest absolute Gasteiger partial charge is 0.271 e. The van der Waals surface area contributed by atoms with E-state index in [2.05, 4.69) is 0 Å². The molecule has 1 heterocycles. The molecule has 0 saturated heterocycles. The first-order valence-corrected chi connectivity index (χ1v) is 5.42. The molecule has 84 valence electrons. The van der Waals surface area contributed by atoms with Crippen molar-refractivity contribution in [2.75, 3.05) is 25.5 Å². The summed E-state index contributed by atoms with van der Waals surface area (Å²) in [4.78, 5) is 15.5. The van der Waals surface area contributed by atoms with Gasteiger partial charge in [0.05, 0.1) is 12.2 Å². The van der Waals surface area contributed by atoms with Crippen LogP contribution in [0.15, 0.2) is 41.1 Å². The van der Waals surface area contributed by atoms with E-state index in [-0.39, 0.29) is 5.91 Å². The normalized spacial score (nSPS) is 15.9. The molecule has 16 heavy (non-hydrogen) atoms. The number of hydrogen-bond acceptors (Lipinski definition) is 2. The minimum atomic E-state index is -0.128. The largest absolute Gasteiger partial charge is 0.378 e. The second kappa shape index (κ2) is 4.18. The van der Waals surface area contributed by atoms with Gasteiger partial charge in [0.15, 0.2) is 0 Å². The average Bonchev–Trinajstić information content (AvgIpc) is 2.58. The molecule has 0 saturated carbocycles. The molecular weight excluding hydrogens is 224 g/mol. The molecule has 2 rings (SSSR count). The minimum absolute atomic E-state index is 0.128. The number of likely N-dealkylation sites (N-methyl/N-ethyl adjacent to an activating group) is 1. The fraction of sp³-hybridized carbons (Fsp3) is 0.250. The number of halogens is 1. The first kappa shape index (κ1) is 11.0. The maximum atomic E-state index is 11.9. The first-order valence-electron chi connectivity index (χ1n) is 5.04. The summed E-state index contributed by atoms with van der Waals surface area (Å²) >= 11 is 6.02. The monoisotopic (exact) mass is 236 g/mol. The van der Waals surface area contributed by atoms with E-state index in [0.717, 1.165) is 11.4 Å². The maximum Gasteiger partial charge on any atom is 0.271 e. The van der Waals surface area contributed by atoms with Crippen molar-refractivity contribution < 1.29 is 4.79 Å². The predicted molar refractivity (Wildman–Crippen MR) is 65.4 cm³/mol. The van der Waals surface area contributed by atoms with E-state index >= 15 is 0 Å². The Bertz CT molecular complexity index is 440. The molecule has 0 unspecified atom stereocenters. The summed E-state index contributed by atoms with van der Waals surface area (Å²) in [7, 11) is 3.78. The van der Waals surface area contributed by atoms with Crippen LogP contribution in [0.25, 0.3) is 0 Å². The molecule has 1 aromatic carbocycles. The SMILES string of the molecule is CN(C)C1=C(Cl)C(=O)N(c2ccccc2)C1. The zero-order valence-electron chi connectivity index (χ0n) is 9.27. The van der Waals surface area contributed by atoms with Crippen molar-refractivity contribution in [2.24, 2.45) is 0 Å². The summed E-state index contributed by atoms with van der Waals surface area (Å²) in [5.74, 6) is -0.128. The summed E-state index contributed by atoms with van der Waals surface area (Å²) in [6, 6.07) is 9.54. The average molecular weight is 237 g/mol. The van der Waals surface area contributed by atoms with Crippen LogP contribution in [-0.4, -0.2) is 31.4 Å². The number of para-hydroxylation sites is 1. The lowest BCUT2D eigenvalue weighted by Crippen LogP contribution is -2.27. The second-order valence-corrected chi connectivity index (χ2v) is 4.26. The van der Waals surface area contributed by atoms with Crippen LogP contribution in [0.1, 0.15) is 0 Å². The van der Waals surface area contributed by atoms with Crippen molar-refractivity contribution in [3.05, 3.63) is 41.1 Å². The molecule has 4 heteroatoms. The van der Waals surface area contributed by atoms with Gasteiger partial charge in [-0.3, -0.25) is 4.79 Å². The molecule has 0 bridgehead atoms. The lowest BCUT2D eigenvalue weighted by atomic mass is 10.3. The number of rotatable bonds is 2. The van der Waals surface area contributed by atoms with Crippen LogP contribution in [-0.2, 0) is 4.79 Å². The van der Waals surface area contributed by atoms with Crippen molar-refractivity contribution in [1.29, 1.82) is 0 Å². The Hall–Kier alpha value is -1.48. The molecule has 0 radical (unpaired) electrons. The highest BCUT2D eigenvalue weighted by atomic mass is 35.5. The molecule has 1 amide bonds. The fourth-order valence-electron chi connectivity index (χ4n) is 1.69. The van der Waals surface area contributed by atoms with Crippen molar-refractivity contribution in [3.8, 4) is 0 Å². The first-order chi connectivity index (χ1) is 7.61. The quantitative estimate of drug-likeness (QED) is 0.785. The van der Waals surface area contributed by atoms with Crippen LogP contribution in [0.3, 0.4) is 0 Å². The van der Waals surface area contributed by atoms with E-state index in [9.17, 15) is 4.79 Å². The maximum absolute atomic E-state index is 11.9. The van der Waals surface area contributed by atoms with Crippen molar-refractivity contribution in [3.63, 3.8) is 0 Å². The lowest BCUT2D eigenvalue weighted by molar-refractivity contribution is -0.114. The van der Waals surface area contributed by atoms with E-state index < -0.39 is 0 Å². The Morgan fingerprint density at radius 2 is 1.88 bits per heavy atom. The van der Waals surface area contributed by atoms with Gasteiger partial charge in [0.25, 0.3) is 5.91 Å². The molecule has 3 nitrogen and oxygen atoms in total. The highest BCUT2D eigenvalue weighted by Gasteiger charge is 2.30. The van der Waals surface area contributed by atoms with Crippen molar-refractivity contribution in [1.82, 2.24) is 4.90 Å². The summed E-state index contributed by atoms with van der Waals surface area (Å²) < 4.78 is 0. The minimum Gasteiger partial charge on any atom is -0.378 e. The van der Waals surface area contributed by atoms with Crippen LogP contribution in [0.5, 0.6) is 0 Å². The van der Waals surface area contributed by atoms with Gasteiger partial charge in [-0.05, 0) is 12.1 Å². The molecule has 0 aromatic heterocycles. The number of hydrogen-bond donors (Lipinski definition) is 0. The summed E-state index contributed by atoms with van der Waals surface area (Å²) in [6.07, 6.45) is 0. The second-order valence-electron chi connectivity index (χ2n) is 3.88. The topological polar surface area (TPSA) is 23.6 Å². The van der Waals surface area contributed by atoms with Gasteiger partial charge in [0.2, 0.25) is 0 Å². The third-order valence-corrected chi connectivity index (χ3v) is 2.98. The standard InChI is InChI=1S/C12H13ClN2O/c1-14(2)10-8-15(12(16)11(10)13)9-6-4-3-5-7-9/h3-7H,8H2,1-2H3. The zero-order chi connectivity index (χ0) is 11.7. The summed E-state index contributed by atoms with van der Waals surface area (Å²) in [5, 5.41) is 0.314. The number of anilines is 1. The fourth-order valence-corrected chi connectivity index (χ4v) is 2.02. The molecular formula is C12H13ClN2O. The Labute approximate surface area is 99.9 Å². The summed E-state index contributed by atoms with van der Waals surface area (Å²) in [5.41, 5.74) is 1.73. The van der Waals surface area contributed by atoms with Crippen LogP contribution in [0.2, 0.25) is 0 Å². The molecule has 0 atom stereocenters. The van der Waals surface area contributed by atoms with Crippen LogP contribution in [0, 0.1) is 0 Å². The van der Waals surface area contributed by atoms with E-state index in [0.29, 0.717) is 11.6 Å². The van der Waals surface area contributed by atoms with Gasteiger partial charge in [-0.2, -0.15) is 0 Å². The van der Waals surface area contributed by atoms with E-state index in [1.54, 1.807) is 4.90 Å². The lowest BCUT2D eigenvalue weighted by Gasteiger charge is -2.18. The van der Waals surface area contributed by atoms with Gasteiger partial charge in [-0.15, -0.1) is 0 Å². The number of nitrogens with zero attached hydrogens (tertiary/aromatic N) is 2. The van der Waals surface area contributed by atoms with Gasteiger partial charge in [-0.1, -0.05) is 29.8 Å². The predicted octanol–water partition coefficient (Wildman–Crippen LogP) is 2.05. The van der Waals surface area contributed by atoms with E-state index in [1.807, 2.05) is 49.3 Å². The van der Waals surface area contributed by atoms with Crippen LogP contribution < -0.4 is 4.90 Å². The Kier molecular flexibility index (Phi) is 2.88. The van der Waals surface area contributed by atoms with Gasteiger partial charge >= 0.3 is 0 Å². The summed E-state index contributed by atoms with van der Waals surface area (Å²) in [6.45, 7) is 0.536. The van der Waals surface area contributed by atoms with E-state index in [4.69, 9.17) is 11.6 Å². The van der Waals surface area contributed by atoms with Gasteiger partial charge < -0.3 is 9.80 Å². The third kappa shape index (κ3) is 1.78. The van der Waals surface area contributed by atoms with Crippen LogP contribution >= 0.6 is 11.6 Å². The van der Waals surface area contributed by atoms with Crippen molar-refractivity contribution in [2.45, 2.75) is 0 Å². The molecule has 0 fully saturated rings. The van der Waals surface area contributed by atoms with E-state index in [1.165, 1.54) is 0 Å². The Balaban J connectivity index is 2.29. The highest BCUT2D eigenvalue weighted by Crippen LogP contribution is 2.28. The highest BCUT2D eigenvalue weighted by molar-refractivity contribution is 6.45. The van der Waals surface area contributed by atoms with Crippen molar-refractivity contribution >= 4 is 23.2 Å². The number of amides is 1. The molecule has 0 spiro atoms. The zero-order valence-corrected chi connectivity index (χ0v) is 10.0. The van der Waals surface area contributed by atoms with Gasteiger partial charge in [0.1, 0.15) is 5.03 Å². The Morgan fingerprint density at radius 3 is 2.38 bits per heavy atom. The number of carbonyl (C=O) groups excluding carboxylic acids is 1. The van der Waals surface area contributed by atoms with Gasteiger partial charge in [0, 0.05) is 19.8 Å². The Morgan fingerprint density at radius 1 is 1.25 bits per heavy atom. The van der Waals surface area contributed by atoms with Crippen LogP contribution in [0.4, 0.5) is 5.69 Å². The molecule has 1 aliphatic heterocycles. The molecule has 1 aliphatic rings. The number of benzene rings is 1. The third-order valence-electron chi connectivity index (χ3n) is 2.60. The van der Waals surface area contributed by atoms with Gasteiger partial charge in [-0.25, -0.2) is 0 Å². The molecule has 0 N–H and O–H groups in total. The molecule has 1 aromatic rings.